The Morgan fingerprint density at radius 2 is 2.12 bits per heavy atom. The van der Waals surface area contributed by atoms with Gasteiger partial charge in [0.05, 0.1) is 17.1 Å². The number of imidazole rings is 1. The van der Waals surface area contributed by atoms with E-state index in [9.17, 15) is 4.39 Å². The highest BCUT2D eigenvalue weighted by molar-refractivity contribution is 5.78. The van der Waals surface area contributed by atoms with E-state index in [2.05, 4.69) is 4.98 Å². The van der Waals surface area contributed by atoms with Gasteiger partial charge in [-0.15, -0.1) is 0 Å². The zero-order chi connectivity index (χ0) is 11.9. The lowest BCUT2D eigenvalue weighted by Crippen LogP contribution is -2.02. The molecule has 0 bridgehead atoms. The van der Waals surface area contributed by atoms with Gasteiger partial charge in [-0.25, -0.2) is 9.37 Å². The van der Waals surface area contributed by atoms with Crippen LogP contribution in [0.5, 0.6) is 0 Å². The number of aryl methyl sites for hydroxylation is 1. The third-order valence-corrected chi connectivity index (χ3v) is 2.57. The van der Waals surface area contributed by atoms with Gasteiger partial charge in [-0.2, -0.15) is 5.26 Å². The van der Waals surface area contributed by atoms with Crippen LogP contribution in [0, 0.1) is 24.1 Å². The summed E-state index contributed by atoms with van der Waals surface area (Å²) in [4.78, 5) is 4.19. The van der Waals surface area contributed by atoms with E-state index in [1.165, 1.54) is 6.07 Å². The van der Waals surface area contributed by atoms with Crippen LogP contribution in [0.15, 0.2) is 12.1 Å². The van der Waals surface area contributed by atoms with Crippen molar-refractivity contribution in [1.82, 2.24) is 9.55 Å². The second kappa shape index (κ2) is 3.60. The zero-order valence-electron chi connectivity index (χ0n) is 9.45. The van der Waals surface area contributed by atoms with Crippen LogP contribution in [-0.2, 0) is 0 Å². The molecule has 2 aromatic rings. The molecular formula is C12H12FN3. The lowest BCUT2D eigenvalue weighted by molar-refractivity contribution is 0.600. The maximum atomic E-state index is 13.7. The summed E-state index contributed by atoms with van der Waals surface area (Å²) in [5.74, 6) is 0.329. The molecule has 0 saturated carbocycles. The van der Waals surface area contributed by atoms with Crippen LogP contribution in [0.3, 0.4) is 0 Å². The van der Waals surface area contributed by atoms with Crippen LogP contribution >= 0.6 is 0 Å². The van der Waals surface area contributed by atoms with Crippen LogP contribution in [0.4, 0.5) is 4.39 Å². The van der Waals surface area contributed by atoms with Crippen LogP contribution in [0.25, 0.3) is 11.0 Å². The average molecular weight is 217 g/mol. The number of benzene rings is 1. The van der Waals surface area contributed by atoms with Gasteiger partial charge in [0.25, 0.3) is 0 Å². The Balaban J connectivity index is 2.87. The molecule has 0 fully saturated rings. The number of aromatic nitrogens is 2. The quantitative estimate of drug-likeness (QED) is 0.736. The Morgan fingerprint density at radius 3 is 2.69 bits per heavy atom. The average Bonchev–Trinajstić information content (AvgIpc) is 2.54. The number of hydrogen-bond donors (Lipinski definition) is 0. The maximum absolute atomic E-state index is 13.7. The van der Waals surface area contributed by atoms with E-state index in [4.69, 9.17) is 5.26 Å². The molecule has 0 aliphatic carbocycles. The predicted octanol–water partition coefficient (Wildman–Crippen LogP) is 2.94. The van der Waals surface area contributed by atoms with Crippen LogP contribution in [-0.4, -0.2) is 9.55 Å². The van der Waals surface area contributed by atoms with Crippen LogP contribution in [0.1, 0.15) is 31.3 Å². The molecule has 0 atom stereocenters. The first kappa shape index (κ1) is 10.6. The molecule has 4 heteroatoms. The van der Waals surface area contributed by atoms with E-state index in [1.54, 1.807) is 6.07 Å². The van der Waals surface area contributed by atoms with Gasteiger partial charge >= 0.3 is 0 Å². The highest BCUT2D eigenvalue weighted by Gasteiger charge is 2.14. The Kier molecular flexibility index (Phi) is 2.39. The molecule has 0 aliphatic rings. The molecule has 0 saturated heterocycles. The number of fused-ring (bicyclic) bond motifs is 1. The number of nitriles is 1. The van der Waals surface area contributed by atoms with E-state index in [0.717, 1.165) is 5.82 Å². The van der Waals surface area contributed by atoms with E-state index >= 15 is 0 Å². The summed E-state index contributed by atoms with van der Waals surface area (Å²) < 4.78 is 15.6. The van der Waals surface area contributed by atoms with Crippen molar-refractivity contribution in [2.24, 2.45) is 0 Å². The molecule has 0 aliphatic heterocycles. The fourth-order valence-electron chi connectivity index (χ4n) is 1.99. The number of nitrogens with zero attached hydrogens (tertiary/aromatic N) is 3. The molecule has 0 amide bonds. The summed E-state index contributed by atoms with van der Waals surface area (Å²) in [6.07, 6.45) is 0. The third-order valence-electron chi connectivity index (χ3n) is 2.57. The maximum Gasteiger partial charge on any atom is 0.152 e. The van der Waals surface area contributed by atoms with E-state index in [1.807, 2.05) is 31.4 Å². The Bertz CT molecular complexity index is 590. The van der Waals surface area contributed by atoms with Gasteiger partial charge < -0.3 is 4.57 Å². The minimum atomic E-state index is -0.434. The SMILES string of the molecule is Cc1nc2c(F)cc(C#N)cc2n1C(C)C. The van der Waals surface area contributed by atoms with Gasteiger partial charge in [-0.05, 0) is 32.9 Å². The highest BCUT2D eigenvalue weighted by Crippen LogP contribution is 2.24. The van der Waals surface area contributed by atoms with Gasteiger partial charge in [0.2, 0.25) is 0 Å². The molecule has 16 heavy (non-hydrogen) atoms. The topological polar surface area (TPSA) is 41.6 Å². The van der Waals surface area contributed by atoms with Gasteiger partial charge in [0, 0.05) is 6.04 Å². The van der Waals surface area contributed by atoms with Crippen molar-refractivity contribution in [3.63, 3.8) is 0 Å². The van der Waals surface area contributed by atoms with E-state index in [0.29, 0.717) is 16.6 Å². The molecule has 82 valence electrons. The molecule has 1 aromatic heterocycles. The summed E-state index contributed by atoms with van der Waals surface area (Å²) in [7, 11) is 0. The first-order valence-electron chi connectivity index (χ1n) is 5.12. The molecule has 0 N–H and O–H groups in total. The smallest absolute Gasteiger partial charge is 0.152 e. The van der Waals surface area contributed by atoms with Gasteiger partial charge in [0.15, 0.2) is 5.82 Å². The molecule has 0 unspecified atom stereocenters. The van der Waals surface area contributed by atoms with E-state index in [-0.39, 0.29) is 6.04 Å². The molecule has 0 spiro atoms. The fourth-order valence-corrected chi connectivity index (χ4v) is 1.99. The number of rotatable bonds is 1. The second-order valence-electron chi connectivity index (χ2n) is 4.06. The van der Waals surface area contributed by atoms with E-state index < -0.39 is 5.82 Å². The minimum Gasteiger partial charge on any atom is -0.326 e. The van der Waals surface area contributed by atoms with Crippen molar-refractivity contribution in [2.75, 3.05) is 0 Å². The number of halogens is 1. The van der Waals surface area contributed by atoms with Crippen LogP contribution < -0.4 is 0 Å². The molecule has 2 rings (SSSR count). The Labute approximate surface area is 93.1 Å². The first-order chi connectivity index (χ1) is 7.54. The summed E-state index contributed by atoms with van der Waals surface area (Å²) >= 11 is 0. The summed E-state index contributed by atoms with van der Waals surface area (Å²) in [5, 5.41) is 8.81. The molecular weight excluding hydrogens is 205 g/mol. The zero-order valence-corrected chi connectivity index (χ0v) is 9.45. The summed E-state index contributed by atoms with van der Waals surface area (Å²) in [5.41, 5.74) is 1.35. The van der Waals surface area contributed by atoms with Gasteiger partial charge in [-0.3, -0.25) is 0 Å². The standard InChI is InChI=1S/C12H12FN3/c1-7(2)16-8(3)15-12-10(13)4-9(6-14)5-11(12)16/h4-5,7H,1-3H3. The Morgan fingerprint density at radius 1 is 1.44 bits per heavy atom. The van der Waals surface area contributed by atoms with Gasteiger partial charge in [0.1, 0.15) is 11.3 Å². The van der Waals surface area contributed by atoms with Crippen molar-refractivity contribution >= 4 is 11.0 Å². The van der Waals surface area contributed by atoms with Crippen molar-refractivity contribution in [2.45, 2.75) is 26.8 Å². The predicted molar refractivity (Wildman–Crippen MR) is 59.5 cm³/mol. The van der Waals surface area contributed by atoms with Gasteiger partial charge in [-0.1, -0.05) is 0 Å². The monoisotopic (exact) mass is 217 g/mol. The molecule has 3 nitrogen and oxygen atoms in total. The summed E-state index contributed by atoms with van der Waals surface area (Å²) in [6.45, 7) is 5.85. The first-order valence-corrected chi connectivity index (χ1v) is 5.12. The summed E-state index contributed by atoms with van der Waals surface area (Å²) in [6, 6.07) is 5.05. The molecule has 1 heterocycles. The van der Waals surface area contributed by atoms with Crippen molar-refractivity contribution in [1.29, 1.82) is 5.26 Å². The molecule has 1 aromatic carbocycles. The van der Waals surface area contributed by atoms with Crippen molar-refractivity contribution in [3.8, 4) is 6.07 Å². The largest absolute Gasteiger partial charge is 0.326 e. The second-order valence-corrected chi connectivity index (χ2v) is 4.06. The lowest BCUT2D eigenvalue weighted by Gasteiger charge is -2.10. The molecule has 0 radical (unpaired) electrons. The number of hydrogen-bond acceptors (Lipinski definition) is 2. The lowest BCUT2D eigenvalue weighted by atomic mass is 10.2. The normalized spacial score (nSPS) is 11.0. The van der Waals surface area contributed by atoms with Crippen molar-refractivity contribution in [3.05, 3.63) is 29.3 Å². The Hall–Kier alpha value is -1.89. The fraction of sp³-hybridized carbons (Fsp3) is 0.333. The van der Waals surface area contributed by atoms with Crippen molar-refractivity contribution < 1.29 is 4.39 Å². The highest BCUT2D eigenvalue weighted by atomic mass is 19.1. The third kappa shape index (κ3) is 1.45. The van der Waals surface area contributed by atoms with Crippen LogP contribution in [0.2, 0.25) is 0 Å². The minimum absolute atomic E-state index is 0.193.